The molecule has 0 aliphatic heterocycles. The Morgan fingerprint density at radius 2 is 1.87 bits per heavy atom. The SMILES string of the molecule is Cc1ccc(NC(=O)c2cn(C)c3c(=O)n(Cc4ccccc4)c(=O)[nH]c23)cc1F. The molecule has 0 aliphatic carbocycles. The van der Waals surface area contributed by atoms with Gasteiger partial charge < -0.3 is 14.9 Å². The summed E-state index contributed by atoms with van der Waals surface area (Å²) in [5, 5.41) is 2.60. The number of hydrogen-bond acceptors (Lipinski definition) is 3. The highest BCUT2D eigenvalue weighted by atomic mass is 19.1. The molecule has 0 spiro atoms. The smallest absolute Gasteiger partial charge is 0.329 e. The zero-order valence-electron chi connectivity index (χ0n) is 16.4. The van der Waals surface area contributed by atoms with E-state index in [4.69, 9.17) is 0 Å². The lowest BCUT2D eigenvalue weighted by Gasteiger charge is -2.07. The summed E-state index contributed by atoms with van der Waals surface area (Å²) in [6.45, 7) is 1.73. The van der Waals surface area contributed by atoms with Gasteiger partial charge in [0.05, 0.1) is 17.6 Å². The van der Waals surface area contributed by atoms with Gasteiger partial charge in [0, 0.05) is 18.9 Å². The van der Waals surface area contributed by atoms with Crippen molar-refractivity contribution < 1.29 is 9.18 Å². The van der Waals surface area contributed by atoms with Crippen LogP contribution in [0, 0.1) is 12.7 Å². The predicted molar refractivity (Wildman–Crippen MR) is 112 cm³/mol. The normalized spacial score (nSPS) is 11.0. The summed E-state index contributed by atoms with van der Waals surface area (Å²) < 4.78 is 16.4. The number of fused-ring (bicyclic) bond motifs is 1. The number of anilines is 1. The number of aryl methyl sites for hydroxylation is 2. The van der Waals surface area contributed by atoms with Crippen LogP contribution in [0.5, 0.6) is 0 Å². The Balaban J connectivity index is 1.75. The Bertz CT molecular complexity index is 1380. The largest absolute Gasteiger partial charge is 0.344 e. The van der Waals surface area contributed by atoms with Crippen molar-refractivity contribution in [1.29, 1.82) is 0 Å². The maximum absolute atomic E-state index is 13.8. The third-order valence-corrected chi connectivity index (χ3v) is 4.96. The van der Waals surface area contributed by atoms with Crippen molar-refractivity contribution in [2.24, 2.45) is 7.05 Å². The van der Waals surface area contributed by atoms with Crippen molar-refractivity contribution in [3.8, 4) is 0 Å². The van der Waals surface area contributed by atoms with E-state index in [2.05, 4.69) is 10.3 Å². The van der Waals surface area contributed by atoms with Crippen LogP contribution in [0.25, 0.3) is 11.0 Å². The van der Waals surface area contributed by atoms with Crippen LogP contribution < -0.4 is 16.6 Å². The van der Waals surface area contributed by atoms with Crippen LogP contribution in [0.3, 0.4) is 0 Å². The molecule has 0 unspecified atom stereocenters. The van der Waals surface area contributed by atoms with E-state index in [9.17, 15) is 18.8 Å². The van der Waals surface area contributed by atoms with Crippen LogP contribution >= 0.6 is 0 Å². The highest BCUT2D eigenvalue weighted by Gasteiger charge is 2.20. The van der Waals surface area contributed by atoms with E-state index in [-0.39, 0.29) is 28.8 Å². The first kappa shape index (κ1) is 19.4. The van der Waals surface area contributed by atoms with E-state index >= 15 is 0 Å². The number of H-pyrrole nitrogens is 1. The molecule has 0 saturated heterocycles. The number of carbonyl (C=O) groups excluding carboxylic acids is 1. The highest BCUT2D eigenvalue weighted by molar-refractivity contribution is 6.11. The Kier molecular flexibility index (Phi) is 4.83. The van der Waals surface area contributed by atoms with Gasteiger partial charge in [0.1, 0.15) is 11.3 Å². The van der Waals surface area contributed by atoms with Crippen LogP contribution in [-0.2, 0) is 13.6 Å². The second-order valence-corrected chi connectivity index (χ2v) is 7.10. The van der Waals surface area contributed by atoms with E-state index in [0.717, 1.165) is 10.1 Å². The molecule has 152 valence electrons. The van der Waals surface area contributed by atoms with Gasteiger partial charge in [-0.15, -0.1) is 0 Å². The zero-order chi connectivity index (χ0) is 21.4. The van der Waals surface area contributed by atoms with Gasteiger partial charge in [-0.3, -0.25) is 14.2 Å². The predicted octanol–water partition coefficient (Wildman–Crippen LogP) is 2.78. The van der Waals surface area contributed by atoms with E-state index < -0.39 is 23.0 Å². The fraction of sp³-hybridized carbons (Fsp3) is 0.136. The summed E-state index contributed by atoms with van der Waals surface area (Å²) in [5.41, 5.74) is 0.889. The van der Waals surface area contributed by atoms with Crippen molar-refractivity contribution in [3.63, 3.8) is 0 Å². The quantitative estimate of drug-likeness (QED) is 0.546. The van der Waals surface area contributed by atoms with E-state index in [1.165, 1.54) is 16.8 Å². The number of amides is 1. The summed E-state index contributed by atoms with van der Waals surface area (Å²) in [5.74, 6) is -0.998. The lowest BCUT2D eigenvalue weighted by Crippen LogP contribution is -2.36. The molecule has 30 heavy (non-hydrogen) atoms. The number of benzene rings is 2. The van der Waals surface area contributed by atoms with Crippen molar-refractivity contribution in [2.75, 3.05) is 5.32 Å². The topological polar surface area (TPSA) is 88.9 Å². The monoisotopic (exact) mass is 406 g/mol. The van der Waals surface area contributed by atoms with Gasteiger partial charge in [0.25, 0.3) is 11.5 Å². The molecule has 0 aliphatic rings. The lowest BCUT2D eigenvalue weighted by molar-refractivity contribution is 0.102. The number of aromatic nitrogens is 3. The maximum Gasteiger partial charge on any atom is 0.329 e. The van der Waals surface area contributed by atoms with Gasteiger partial charge in [-0.2, -0.15) is 0 Å². The standard InChI is InChI=1S/C22H19FN4O3/c1-13-8-9-15(10-17(13)23)24-20(28)16-12-26(2)19-18(16)25-22(30)27(21(19)29)11-14-6-4-3-5-7-14/h3-10,12H,11H2,1-2H3,(H,24,28)(H,25,30). The van der Waals surface area contributed by atoms with E-state index in [1.807, 2.05) is 30.3 Å². The molecule has 8 heteroatoms. The zero-order valence-corrected chi connectivity index (χ0v) is 16.4. The van der Waals surface area contributed by atoms with Crippen LogP contribution in [0.1, 0.15) is 21.5 Å². The molecule has 1 amide bonds. The maximum atomic E-state index is 13.8. The third kappa shape index (κ3) is 3.43. The Hall–Kier alpha value is -3.94. The molecule has 0 atom stereocenters. The second-order valence-electron chi connectivity index (χ2n) is 7.10. The van der Waals surface area contributed by atoms with Gasteiger partial charge in [0.2, 0.25) is 0 Å². The summed E-state index contributed by atoms with van der Waals surface area (Å²) in [6.07, 6.45) is 1.47. The van der Waals surface area contributed by atoms with Gasteiger partial charge in [0.15, 0.2) is 0 Å². The van der Waals surface area contributed by atoms with Crippen LogP contribution in [-0.4, -0.2) is 20.0 Å². The minimum atomic E-state index is -0.613. The molecular formula is C22H19FN4O3. The van der Waals surface area contributed by atoms with Crippen LogP contribution in [0.15, 0.2) is 64.3 Å². The van der Waals surface area contributed by atoms with Crippen molar-refractivity contribution in [3.05, 3.63) is 98.1 Å². The number of halogens is 1. The molecule has 4 aromatic rings. The van der Waals surface area contributed by atoms with Crippen molar-refractivity contribution in [1.82, 2.24) is 14.1 Å². The average molecular weight is 406 g/mol. The van der Waals surface area contributed by atoms with Gasteiger partial charge in [-0.25, -0.2) is 9.18 Å². The van der Waals surface area contributed by atoms with Crippen molar-refractivity contribution in [2.45, 2.75) is 13.5 Å². The first-order chi connectivity index (χ1) is 14.3. The molecule has 0 saturated carbocycles. The minimum Gasteiger partial charge on any atom is -0.344 e. The third-order valence-electron chi connectivity index (χ3n) is 4.96. The molecule has 0 bridgehead atoms. The Labute approximate surface area is 170 Å². The number of nitrogens with one attached hydrogen (secondary N) is 2. The second kappa shape index (κ2) is 7.47. The molecule has 4 rings (SSSR count). The molecule has 2 heterocycles. The number of hydrogen-bond donors (Lipinski definition) is 2. The fourth-order valence-corrected chi connectivity index (χ4v) is 3.36. The molecule has 0 radical (unpaired) electrons. The molecule has 0 fully saturated rings. The highest BCUT2D eigenvalue weighted by Crippen LogP contribution is 2.18. The summed E-state index contributed by atoms with van der Waals surface area (Å²) >= 11 is 0. The molecular weight excluding hydrogens is 387 g/mol. The molecule has 7 nitrogen and oxygen atoms in total. The number of carbonyl (C=O) groups is 1. The lowest BCUT2D eigenvalue weighted by atomic mass is 10.2. The number of aromatic amines is 1. The van der Waals surface area contributed by atoms with Gasteiger partial charge in [-0.1, -0.05) is 36.4 Å². The van der Waals surface area contributed by atoms with Crippen LogP contribution in [0.2, 0.25) is 0 Å². The first-order valence-corrected chi connectivity index (χ1v) is 9.28. The van der Waals surface area contributed by atoms with Crippen molar-refractivity contribution >= 4 is 22.6 Å². The van der Waals surface area contributed by atoms with Crippen LogP contribution in [0.4, 0.5) is 10.1 Å². The Morgan fingerprint density at radius 1 is 1.13 bits per heavy atom. The van der Waals surface area contributed by atoms with Gasteiger partial charge in [-0.05, 0) is 30.2 Å². The summed E-state index contributed by atoms with van der Waals surface area (Å²) in [7, 11) is 1.62. The van der Waals surface area contributed by atoms with E-state index in [0.29, 0.717) is 5.56 Å². The first-order valence-electron chi connectivity index (χ1n) is 9.28. The molecule has 2 aromatic heterocycles. The fourth-order valence-electron chi connectivity index (χ4n) is 3.36. The molecule has 2 N–H and O–H groups in total. The van der Waals surface area contributed by atoms with E-state index in [1.54, 1.807) is 26.1 Å². The number of rotatable bonds is 4. The Morgan fingerprint density at radius 3 is 2.57 bits per heavy atom. The number of nitrogens with zero attached hydrogens (tertiary/aromatic N) is 2. The minimum absolute atomic E-state index is 0.111. The summed E-state index contributed by atoms with van der Waals surface area (Å²) in [4.78, 5) is 41.0. The van der Waals surface area contributed by atoms with Gasteiger partial charge >= 0.3 is 5.69 Å². The summed E-state index contributed by atoms with van der Waals surface area (Å²) in [6, 6.07) is 13.5. The average Bonchev–Trinajstić information content (AvgIpc) is 3.05. The molecule has 2 aromatic carbocycles.